The smallest absolute Gasteiger partial charge is 0.308 e. The van der Waals surface area contributed by atoms with Gasteiger partial charge in [-0.2, -0.15) is 0 Å². The summed E-state index contributed by atoms with van der Waals surface area (Å²) in [6.45, 7) is 0.988. The zero-order valence-corrected chi connectivity index (χ0v) is 11.7. The maximum Gasteiger partial charge on any atom is 0.308 e. The Morgan fingerprint density at radius 2 is 2.14 bits per heavy atom. The van der Waals surface area contributed by atoms with Gasteiger partial charge >= 0.3 is 5.97 Å². The van der Waals surface area contributed by atoms with E-state index in [0.717, 1.165) is 22.9 Å². The molecule has 1 saturated heterocycles. The Hall–Kier alpha value is -2.30. The van der Waals surface area contributed by atoms with Gasteiger partial charge in [-0.05, 0) is 24.5 Å². The van der Waals surface area contributed by atoms with Gasteiger partial charge in [-0.1, -0.05) is 18.2 Å². The Morgan fingerprint density at radius 3 is 2.95 bits per heavy atom. The number of nitrogens with zero attached hydrogens (tertiary/aromatic N) is 1. The molecular weight excluding hydrogens is 268 g/mol. The lowest BCUT2D eigenvalue weighted by Gasteiger charge is -2.30. The van der Waals surface area contributed by atoms with Crippen molar-refractivity contribution in [2.45, 2.75) is 19.3 Å². The molecule has 2 N–H and O–H groups in total. The fourth-order valence-electron chi connectivity index (χ4n) is 2.96. The van der Waals surface area contributed by atoms with Crippen molar-refractivity contribution in [1.29, 1.82) is 0 Å². The number of aromatic nitrogens is 1. The standard InChI is InChI=1S/C16H18N2O3/c19-15(18-7-3-4-11(10-18)16(20)21)8-12-9-17-14-6-2-1-5-13(12)14/h1-2,5-6,9,11,17H,3-4,7-8,10H2,(H,20,21). The number of fused-ring (bicyclic) bond motifs is 1. The molecule has 0 spiro atoms. The highest BCUT2D eigenvalue weighted by atomic mass is 16.4. The van der Waals surface area contributed by atoms with Crippen LogP contribution in [0.15, 0.2) is 30.5 Å². The first kappa shape index (κ1) is 13.7. The predicted octanol–water partition coefficient (Wildman–Crippen LogP) is 2.03. The number of carbonyl (C=O) groups is 2. The van der Waals surface area contributed by atoms with Crippen molar-refractivity contribution in [3.63, 3.8) is 0 Å². The molecule has 1 aliphatic rings. The van der Waals surface area contributed by atoms with Gasteiger partial charge in [-0.15, -0.1) is 0 Å². The van der Waals surface area contributed by atoms with Gasteiger partial charge in [0.15, 0.2) is 0 Å². The van der Waals surface area contributed by atoms with Gasteiger partial charge in [-0.25, -0.2) is 0 Å². The summed E-state index contributed by atoms with van der Waals surface area (Å²) in [6, 6.07) is 7.87. The van der Waals surface area contributed by atoms with Crippen LogP contribution in [0.4, 0.5) is 0 Å². The molecule has 2 heterocycles. The van der Waals surface area contributed by atoms with E-state index in [0.29, 0.717) is 25.9 Å². The van der Waals surface area contributed by atoms with Crippen LogP contribution >= 0.6 is 0 Å². The van der Waals surface area contributed by atoms with E-state index in [1.54, 1.807) is 4.90 Å². The van der Waals surface area contributed by atoms with Crippen LogP contribution in [-0.4, -0.2) is 40.0 Å². The molecule has 0 aliphatic carbocycles. The molecule has 1 atom stereocenters. The zero-order valence-electron chi connectivity index (χ0n) is 11.7. The van der Waals surface area contributed by atoms with Gasteiger partial charge in [0.25, 0.3) is 0 Å². The molecule has 5 nitrogen and oxygen atoms in total. The number of piperidine rings is 1. The first-order chi connectivity index (χ1) is 10.1. The third kappa shape index (κ3) is 2.77. The fraction of sp³-hybridized carbons (Fsp3) is 0.375. The summed E-state index contributed by atoms with van der Waals surface area (Å²) in [6.07, 6.45) is 3.60. The van der Waals surface area contributed by atoms with Gasteiger partial charge in [-0.3, -0.25) is 9.59 Å². The van der Waals surface area contributed by atoms with E-state index >= 15 is 0 Å². The Labute approximate surface area is 122 Å². The van der Waals surface area contributed by atoms with Crippen LogP contribution in [-0.2, 0) is 16.0 Å². The molecule has 21 heavy (non-hydrogen) atoms. The SMILES string of the molecule is O=C(O)C1CCCN(C(=O)Cc2c[nH]c3ccccc23)C1. The van der Waals surface area contributed by atoms with Crippen molar-refractivity contribution < 1.29 is 14.7 Å². The molecule has 5 heteroatoms. The van der Waals surface area contributed by atoms with Gasteiger partial charge in [0.05, 0.1) is 12.3 Å². The minimum atomic E-state index is -0.806. The quantitative estimate of drug-likeness (QED) is 0.906. The highest BCUT2D eigenvalue weighted by molar-refractivity contribution is 5.89. The van der Waals surface area contributed by atoms with Crippen LogP contribution in [0.5, 0.6) is 0 Å². The number of likely N-dealkylation sites (tertiary alicyclic amines) is 1. The lowest BCUT2D eigenvalue weighted by molar-refractivity contribution is -0.145. The van der Waals surface area contributed by atoms with Crippen LogP contribution in [0.1, 0.15) is 18.4 Å². The largest absolute Gasteiger partial charge is 0.481 e. The summed E-state index contributed by atoms with van der Waals surface area (Å²) in [5.74, 6) is -1.23. The molecular formula is C16H18N2O3. The number of hydrogen-bond acceptors (Lipinski definition) is 2. The number of nitrogens with one attached hydrogen (secondary N) is 1. The van der Waals surface area contributed by atoms with Crippen molar-refractivity contribution in [2.24, 2.45) is 5.92 Å². The Morgan fingerprint density at radius 1 is 1.33 bits per heavy atom. The molecule has 1 fully saturated rings. The highest BCUT2D eigenvalue weighted by Gasteiger charge is 2.28. The number of aliphatic carboxylic acids is 1. The van der Waals surface area contributed by atoms with Crippen molar-refractivity contribution in [3.8, 4) is 0 Å². The predicted molar refractivity (Wildman–Crippen MR) is 78.9 cm³/mol. The molecule has 1 aliphatic heterocycles. The highest BCUT2D eigenvalue weighted by Crippen LogP contribution is 2.21. The molecule has 110 valence electrons. The number of hydrogen-bond donors (Lipinski definition) is 2. The number of benzene rings is 1. The second-order valence-electron chi connectivity index (χ2n) is 5.55. The zero-order chi connectivity index (χ0) is 14.8. The molecule has 1 unspecified atom stereocenters. The van der Waals surface area contributed by atoms with Gasteiger partial charge in [0, 0.05) is 30.2 Å². The van der Waals surface area contributed by atoms with E-state index < -0.39 is 11.9 Å². The average molecular weight is 286 g/mol. The number of carboxylic acids is 1. The summed E-state index contributed by atoms with van der Waals surface area (Å²) < 4.78 is 0. The molecule has 0 radical (unpaired) electrons. The molecule has 0 saturated carbocycles. The molecule has 3 rings (SSSR count). The summed E-state index contributed by atoms with van der Waals surface area (Å²) in [7, 11) is 0. The Balaban J connectivity index is 1.72. The summed E-state index contributed by atoms with van der Waals surface area (Å²) in [4.78, 5) is 28.3. The molecule has 0 bridgehead atoms. The maximum absolute atomic E-state index is 12.4. The second kappa shape index (κ2) is 5.60. The molecule has 2 aromatic rings. The van der Waals surface area contributed by atoms with Gasteiger partial charge < -0.3 is 15.0 Å². The molecule has 1 amide bonds. The van der Waals surface area contributed by atoms with Crippen molar-refractivity contribution in [2.75, 3.05) is 13.1 Å². The van der Waals surface area contributed by atoms with E-state index in [9.17, 15) is 9.59 Å². The lowest BCUT2D eigenvalue weighted by atomic mass is 9.97. The minimum Gasteiger partial charge on any atom is -0.481 e. The number of carboxylic acid groups (broad SMARTS) is 1. The van der Waals surface area contributed by atoms with Gasteiger partial charge in [0.1, 0.15) is 0 Å². The summed E-state index contributed by atoms with van der Waals surface area (Å²) in [5.41, 5.74) is 1.98. The first-order valence-electron chi connectivity index (χ1n) is 7.20. The Bertz CT molecular complexity index is 677. The maximum atomic E-state index is 12.4. The van der Waals surface area contributed by atoms with E-state index in [-0.39, 0.29) is 5.91 Å². The van der Waals surface area contributed by atoms with Crippen molar-refractivity contribution in [1.82, 2.24) is 9.88 Å². The van der Waals surface area contributed by atoms with E-state index in [2.05, 4.69) is 4.98 Å². The number of para-hydroxylation sites is 1. The summed E-state index contributed by atoms with van der Waals surface area (Å²) >= 11 is 0. The number of aromatic amines is 1. The number of H-pyrrole nitrogens is 1. The lowest BCUT2D eigenvalue weighted by Crippen LogP contribution is -2.42. The van der Waals surface area contributed by atoms with E-state index in [1.165, 1.54) is 0 Å². The van der Waals surface area contributed by atoms with Crippen LogP contribution < -0.4 is 0 Å². The van der Waals surface area contributed by atoms with Crippen molar-refractivity contribution in [3.05, 3.63) is 36.0 Å². The minimum absolute atomic E-state index is 0.00528. The first-order valence-corrected chi connectivity index (χ1v) is 7.20. The molecule has 1 aromatic heterocycles. The van der Waals surface area contributed by atoms with E-state index in [1.807, 2.05) is 30.5 Å². The second-order valence-corrected chi connectivity index (χ2v) is 5.55. The number of amides is 1. The number of rotatable bonds is 3. The fourth-order valence-corrected chi connectivity index (χ4v) is 2.96. The van der Waals surface area contributed by atoms with Crippen LogP contribution in [0.25, 0.3) is 10.9 Å². The average Bonchev–Trinajstić information content (AvgIpc) is 2.91. The third-order valence-corrected chi connectivity index (χ3v) is 4.14. The van der Waals surface area contributed by atoms with Crippen LogP contribution in [0.3, 0.4) is 0 Å². The van der Waals surface area contributed by atoms with Crippen molar-refractivity contribution >= 4 is 22.8 Å². The van der Waals surface area contributed by atoms with Gasteiger partial charge in [0.2, 0.25) is 5.91 Å². The number of carbonyl (C=O) groups excluding carboxylic acids is 1. The van der Waals surface area contributed by atoms with E-state index in [4.69, 9.17) is 5.11 Å². The third-order valence-electron chi connectivity index (χ3n) is 4.14. The topological polar surface area (TPSA) is 73.4 Å². The monoisotopic (exact) mass is 286 g/mol. The molecule has 1 aromatic carbocycles. The normalized spacial score (nSPS) is 18.9. The van der Waals surface area contributed by atoms with Crippen LogP contribution in [0.2, 0.25) is 0 Å². The Kier molecular flexibility index (Phi) is 3.64. The summed E-state index contributed by atoms with van der Waals surface area (Å²) in [5, 5.41) is 10.1. The van der Waals surface area contributed by atoms with Crippen LogP contribution in [0, 0.1) is 5.92 Å².